The molecule has 1 rings (SSSR count). The van der Waals surface area contributed by atoms with E-state index >= 15 is 0 Å². The van der Waals surface area contributed by atoms with Crippen LogP contribution in [0.25, 0.3) is 0 Å². The summed E-state index contributed by atoms with van der Waals surface area (Å²) in [6, 6.07) is 6.90. The second-order valence-corrected chi connectivity index (χ2v) is 6.09. The van der Waals surface area contributed by atoms with E-state index in [-0.39, 0.29) is 12.5 Å². The molecular weight excluding hydrogens is 294 g/mol. The van der Waals surface area contributed by atoms with Crippen molar-refractivity contribution in [3.63, 3.8) is 0 Å². The Morgan fingerprint density at radius 3 is 2.43 bits per heavy atom. The Morgan fingerprint density at radius 1 is 1.19 bits per heavy atom. The summed E-state index contributed by atoms with van der Waals surface area (Å²) in [7, 11) is -3.38. The van der Waals surface area contributed by atoms with Crippen molar-refractivity contribution in [3.8, 4) is 5.75 Å². The van der Waals surface area contributed by atoms with Crippen LogP contribution < -0.4 is 10.1 Å². The topological polar surface area (TPSA) is 81.7 Å². The van der Waals surface area contributed by atoms with E-state index in [1.807, 2.05) is 6.92 Å². The van der Waals surface area contributed by atoms with Gasteiger partial charge in [0.15, 0.2) is 0 Å². The molecule has 0 bridgehead atoms. The Balaban J connectivity index is 2.24. The highest BCUT2D eigenvalue weighted by molar-refractivity contribution is 7.85. The number of rotatable bonds is 9. The summed E-state index contributed by atoms with van der Waals surface area (Å²) in [5.74, 6) is 0.564. The van der Waals surface area contributed by atoms with Crippen molar-refractivity contribution in [1.82, 2.24) is 5.32 Å². The third kappa shape index (κ3) is 7.67. The summed E-state index contributed by atoms with van der Waals surface area (Å²) in [6.45, 7) is 3.09. The lowest BCUT2D eigenvalue weighted by Crippen LogP contribution is -2.24. The number of hydrogen-bond donors (Lipinski definition) is 1. The molecule has 6 nitrogen and oxygen atoms in total. The molecule has 0 heterocycles. The minimum atomic E-state index is -3.38. The molecule has 0 unspecified atom stereocenters. The van der Waals surface area contributed by atoms with E-state index in [1.54, 1.807) is 24.3 Å². The first-order valence-electron chi connectivity index (χ1n) is 6.78. The van der Waals surface area contributed by atoms with Gasteiger partial charge in [-0.05, 0) is 44.0 Å². The maximum atomic E-state index is 11.8. The molecule has 1 aromatic carbocycles. The average molecular weight is 315 g/mol. The highest BCUT2D eigenvalue weighted by Gasteiger charge is 2.05. The first kappa shape index (κ1) is 17.5. The number of carbonyl (C=O) groups is 1. The average Bonchev–Trinajstić information content (AvgIpc) is 2.42. The van der Waals surface area contributed by atoms with Gasteiger partial charge in [0.1, 0.15) is 5.75 Å². The Hall–Kier alpha value is -1.60. The first-order chi connectivity index (χ1) is 9.92. The van der Waals surface area contributed by atoms with Crippen LogP contribution in [0.4, 0.5) is 0 Å². The van der Waals surface area contributed by atoms with Crippen LogP contribution in [0.5, 0.6) is 5.75 Å². The van der Waals surface area contributed by atoms with Crippen LogP contribution in [-0.2, 0) is 14.3 Å². The highest BCUT2D eigenvalue weighted by atomic mass is 32.2. The Labute approximate surface area is 125 Å². The standard InChI is InChI=1S/C14H21NO5S/c1-3-19-13-8-6-12(7-9-13)14(16)15-10-4-5-11-20-21(2,17)18/h6-9H,3-5,10-11H2,1-2H3,(H,15,16). The van der Waals surface area contributed by atoms with Crippen molar-refractivity contribution < 1.29 is 22.1 Å². The van der Waals surface area contributed by atoms with Gasteiger partial charge in [0.25, 0.3) is 16.0 Å². The molecule has 0 saturated carbocycles. The second-order valence-electron chi connectivity index (χ2n) is 4.45. The smallest absolute Gasteiger partial charge is 0.264 e. The molecule has 0 aliphatic rings. The summed E-state index contributed by atoms with van der Waals surface area (Å²) in [5.41, 5.74) is 0.561. The Kier molecular flexibility index (Phi) is 7.18. The fraction of sp³-hybridized carbons (Fsp3) is 0.500. The van der Waals surface area contributed by atoms with Crippen LogP contribution in [0.1, 0.15) is 30.1 Å². The minimum absolute atomic E-state index is 0.137. The lowest BCUT2D eigenvalue weighted by atomic mass is 10.2. The van der Waals surface area contributed by atoms with Gasteiger partial charge >= 0.3 is 0 Å². The monoisotopic (exact) mass is 315 g/mol. The maximum Gasteiger partial charge on any atom is 0.264 e. The van der Waals surface area contributed by atoms with Crippen LogP contribution in [0, 0.1) is 0 Å². The van der Waals surface area contributed by atoms with Gasteiger partial charge in [-0.3, -0.25) is 8.98 Å². The second kappa shape index (κ2) is 8.63. The molecule has 1 aromatic rings. The van der Waals surface area contributed by atoms with Crippen molar-refractivity contribution >= 4 is 16.0 Å². The van der Waals surface area contributed by atoms with Gasteiger partial charge in [-0.15, -0.1) is 0 Å². The summed E-state index contributed by atoms with van der Waals surface area (Å²) < 4.78 is 31.4. The van der Waals surface area contributed by atoms with Gasteiger partial charge in [-0.25, -0.2) is 0 Å². The molecule has 21 heavy (non-hydrogen) atoms. The van der Waals surface area contributed by atoms with E-state index in [9.17, 15) is 13.2 Å². The predicted octanol–water partition coefficient (Wildman–Crippen LogP) is 1.57. The first-order valence-corrected chi connectivity index (χ1v) is 8.59. The third-order valence-corrected chi connectivity index (χ3v) is 3.18. The number of nitrogens with one attached hydrogen (secondary N) is 1. The van der Waals surface area contributed by atoms with Crippen molar-refractivity contribution in [1.29, 1.82) is 0 Å². The van der Waals surface area contributed by atoms with Crippen LogP contribution in [0.2, 0.25) is 0 Å². The molecule has 0 spiro atoms. The fourth-order valence-electron chi connectivity index (χ4n) is 1.61. The molecule has 0 fully saturated rings. The van der Waals surface area contributed by atoms with Crippen LogP contribution in [0.3, 0.4) is 0 Å². The lowest BCUT2D eigenvalue weighted by molar-refractivity contribution is 0.0952. The molecule has 1 N–H and O–H groups in total. The molecule has 1 amide bonds. The zero-order valence-corrected chi connectivity index (χ0v) is 13.1. The summed E-state index contributed by atoms with van der Waals surface area (Å²) in [6.07, 6.45) is 2.23. The Bertz CT molecular complexity index is 539. The maximum absolute atomic E-state index is 11.8. The summed E-state index contributed by atoms with van der Waals surface area (Å²) >= 11 is 0. The van der Waals surface area contributed by atoms with Crippen LogP contribution in [0.15, 0.2) is 24.3 Å². The number of unbranched alkanes of at least 4 members (excludes halogenated alkanes) is 1. The minimum Gasteiger partial charge on any atom is -0.494 e. The lowest BCUT2D eigenvalue weighted by Gasteiger charge is -2.07. The van der Waals surface area contributed by atoms with Crippen molar-refractivity contribution in [2.75, 3.05) is 26.0 Å². The number of carbonyl (C=O) groups excluding carboxylic acids is 1. The fourth-order valence-corrected chi connectivity index (χ4v) is 2.03. The molecule has 0 atom stereocenters. The molecule has 0 radical (unpaired) electrons. The predicted molar refractivity (Wildman–Crippen MR) is 80.0 cm³/mol. The third-order valence-electron chi connectivity index (χ3n) is 2.58. The molecular formula is C14H21NO5S. The molecule has 0 aliphatic carbocycles. The highest BCUT2D eigenvalue weighted by Crippen LogP contribution is 2.11. The van der Waals surface area contributed by atoms with Crippen molar-refractivity contribution in [2.45, 2.75) is 19.8 Å². The number of amides is 1. The van der Waals surface area contributed by atoms with Gasteiger partial charge in [0.2, 0.25) is 0 Å². The SMILES string of the molecule is CCOc1ccc(C(=O)NCCCCOS(C)(=O)=O)cc1. The van der Waals surface area contributed by atoms with E-state index in [4.69, 9.17) is 4.74 Å². The van der Waals surface area contributed by atoms with E-state index in [2.05, 4.69) is 9.50 Å². The van der Waals surface area contributed by atoms with Gasteiger partial charge in [-0.1, -0.05) is 0 Å². The van der Waals surface area contributed by atoms with Crippen molar-refractivity contribution in [2.24, 2.45) is 0 Å². The molecule has 7 heteroatoms. The summed E-state index contributed by atoms with van der Waals surface area (Å²) in [5, 5.41) is 2.76. The van der Waals surface area contributed by atoms with Crippen LogP contribution in [-0.4, -0.2) is 40.3 Å². The van der Waals surface area contributed by atoms with E-state index in [0.29, 0.717) is 31.6 Å². The molecule has 0 saturated heterocycles. The largest absolute Gasteiger partial charge is 0.494 e. The van der Waals surface area contributed by atoms with Gasteiger partial charge in [-0.2, -0.15) is 8.42 Å². The zero-order chi connectivity index (χ0) is 15.7. The molecule has 0 aliphatic heterocycles. The number of benzene rings is 1. The van der Waals surface area contributed by atoms with E-state index in [1.165, 1.54) is 0 Å². The number of ether oxygens (including phenoxy) is 1. The number of hydrogen-bond acceptors (Lipinski definition) is 5. The zero-order valence-electron chi connectivity index (χ0n) is 12.3. The van der Waals surface area contributed by atoms with E-state index < -0.39 is 10.1 Å². The molecule has 0 aromatic heterocycles. The normalized spacial score (nSPS) is 11.1. The molecule has 118 valence electrons. The van der Waals surface area contributed by atoms with E-state index in [0.717, 1.165) is 12.0 Å². The summed E-state index contributed by atoms with van der Waals surface area (Å²) in [4.78, 5) is 11.8. The van der Waals surface area contributed by atoms with Crippen LogP contribution >= 0.6 is 0 Å². The van der Waals surface area contributed by atoms with Gasteiger partial charge in [0.05, 0.1) is 19.5 Å². The van der Waals surface area contributed by atoms with Gasteiger partial charge in [0, 0.05) is 12.1 Å². The quantitative estimate of drug-likeness (QED) is 0.552. The Morgan fingerprint density at radius 2 is 1.86 bits per heavy atom. The van der Waals surface area contributed by atoms with Crippen molar-refractivity contribution in [3.05, 3.63) is 29.8 Å². The van der Waals surface area contributed by atoms with Gasteiger partial charge < -0.3 is 10.1 Å².